The molecule has 0 saturated heterocycles. The molecule has 4 nitrogen and oxygen atoms in total. The van der Waals surface area contributed by atoms with Gasteiger partial charge in [0.1, 0.15) is 5.54 Å². The molecule has 21 heavy (non-hydrogen) atoms. The molecular weight excluding hydrogens is 264 g/mol. The van der Waals surface area contributed by atoms with Gasteiger partial charge in [0.2, 0.25) is 0 Å². The zero-order valence-electron chi connectivity index (χ0n) is 14.0. The van der Waals surface area contributed by atoms with E-state index in [0.717, 1.165) is 38.3 Å². The molecule has 0 spiro atoms. The third-order valence-electron chi connectivity index (χ3n) is 5.33. The van der Waals surface area contributed by atoms with E-state index in [9.17, 15) is 4.79 Å². The van der Waals surface area contributed by atoms with E-state index in [4.69, 9.17) is 4.74 Å². The van der Waals surface area contributed by atoms with Crippen molar-refractivity contribution < 1.29 is 9.53 Å². The van der Waals surface area contributed by atoms with Gasteiger partial charge >= 0.3 is 5.97 Å². The number of ether oxygens (including phenoxy) is 1. The molecule has 2 aliphatic carbocycles. The first-order valence-electron chi connectivity index (χ1n) is 8.77. The standard InChI is InChI=1S/C17H32N2O2/c1-4-12-18-17(16(20)21-5-2)11-7-10-15(13-17)19(3)14-8-6-9-14/h14-15,18H,4-13H2,1-3H3. The van der Waals surface area contributed by atoms with Gasteiger partial charge in [-0.1, -0.05) is 13.3 Å². The lowest BCUT2D eigenvalue weighted by Gasteiger charge is -2.46. The van der Waals surface area contributed by atoms with E-state index in [2.05, 4.69) is 24.2 Å². The number of nitrogens with one attached hydrogen (secondary N) is 1. The van der Waals surface area contributed by atoms with Crippen LogP contribution in [0.5, 0.6) is 0 Å². The summed E-state index contributed by atoms with van der Waals surface area (Å²) in [5.74, 6) is -0.0369. The Morgan fingerprint density at radius 3 is 2.52 bits per heavy atom. The summed E-state index contributed by atoms with van der Waals surface area (Å²) in [7, 11) is 2.25. The minimum atomic E-state index is -0.451. The SMILES string of the molecule is CCCNC1(C(=O)OCC)CCCC(N(C)C2CCC2)C1. The average molecular weight is 296 g/mol. The maximum Gasteiger partial charge on any atom is 0.326 e. The molecule has 0 bridgehead atoms. The van der Waals surface area contributed by atoms with Crippen molar-refractivity contribution in [1.29, 1.82) is 0 Å². The summed E-state index contributed by atoms with van der Waals surface area (Å²) in [6, 6.07) is 1.25. The van der Waals surface area contributed by atoms with E-state index in [1.54, 1.807) is 0 Å². The third-order valence-corrected chi connectivity index (χ3v) is 5.33. The smallest absolute Gasteiger partial charge is 0.326 e. The first-order valence-corrected chi connectivity index (χ1v) is 8.77. The third kappa shape index (κ3) is 3.78. The van der Waals surface area contributed by atoms with Crippen LogP contribution >= 0.6 is 0 Å². The molecule has 0 aromatic carbocycles. The molecule has 0 aromatic heterocycles. The van der Waals surface area contributed by atoms with Crippen molar-refractivity contribution in [3.05, 3.63) is 0 Å². The van der Waals surface area contributed by atoms with Crippen LogP contribution in [0, 0.1) is 0 Å². The Balaban J connectivity index is 2.05. The Morgan fingerprint density at radius 1 is 1.24 bits per heavy atom. The molecule has 0 aliphatic heterocycles. The molecule has 2 fully saturated rings. The van der Waals surface area contributed by atoms with E-state index in [0.29, 0.717) is 12.6 Å². The lowest BCUT2D eigenvalue weighted by molar-refractivity contribution is -0.154. The second-order valence-corrected chi connectivity index (χ2v) is 6.73. The number of carbonyl (C=O) groups excluding carboxylic acids is 1. The summed E-state index contributed by atoms with van der Waals surface area (Å²) < 4.78 is 5.39. The highest BCUT2D eigenvalue weighted by Crippen LogP contribution is 2.35. The normalized spacial score (nSPS) is 30.2. The number of hydrogen-bond donors (Lipinski definition) is 1. The summed E-state index contributed by atoms with van der Waals surface area (Å²) in [4.78, 5) is 15.1. The topological polar surface area (TPSA) is 41.6 Å². The minimum absolute atomic E-state index is 0.0369. The quantitative estimate of drug-likeness (QED) is 0.734. The highest BCUT2D eigenvalue weighted by atomic mass is 16.5. The molecular formula is C17H32N2O2. The fourth-order valence-corrected chi connectivity index (χ4v) is 3.74. The van der Waals surface area contributed by atoms with Crippen LogP contribution in [0.25, 0.3) is 0 Å². The molecule has 0 aromatic rings. The van der Waals surface area contributed by atoms with Gasteiger partial charge < -0.3 is 15.0 Å². The lowest BCUT2D eigenvalue weighted by Crippen LogP contribution is -2.60. The molecule has 2 unspecified atom stereocenters. The molecule has 2 rings (SSSR count). The second-order valence-electron chi connectivity index (χ2n) is 6.73. The van der Waals surface area contributed by atoms with Gasteiger partial charge in [0.25, 0.3) is 0 Å². The van der Waals surface area contributed by atoms with E-state index in [-0.39, 0.29) is 5.97 Å². The van der Waals surface area contributed by atoms with Crippen molar-refractivity contribution in [2.45, 2.75) is 82.8 Å². The number of hydrogen-bond acceptors (Lipinski definition) is 4. The van der Waals surface area contributed by atoms with Crippen molar-refractivity contribution in [2.24, 2.45) is 0 Å². The van der Waals surface area contributed by atoms with Crippen LogP contribution in [0.15, 0.2) is 0 Å². The van der Waals surface area contributed by atoms with Gasteiger partial charge in [-0.25, -0.2) is 0 Å². The Bertz CT molecular complexity index is 344. The molecule has 1 N–H and O–H groups in total. The lowest BCUT2D eigenvalue weighted by atomic mass is 9.77. The van der Waals surface area contributed by atoms with Crippen LogP contribution < -0.4 is 5.32 Å². The van der Waals surface area contributed by atoms with Crippen LogP contribution in [-0.2, 0) is 9.53 Å². The first-order chi connectivity index (χ1) is 10.1. The molecule has 0 amide bonds. The molecule has 122 valence electrons. The van der Waals surface area contributed by atoms with Gasteiger partial charge in [0.05, 0.1) is 6.61 Å². The highest BCUT2D eigenvalue weighted by Gasteiger charge is 2.45. The summed E-state index contributed by atoms with van der Waals surface area (Å²) in [6.45, 7) is 5.40. The molecule has 2 saturated carbocycles. The maximum atomic E-state index is 12.5. The van der Waals surface area contributed by atoms with Crippen molar-refractivity contribution >= 4 is 5.97 Å². The number of esters is 1. The zero-order chi connectivity index (χ0) is 15.3. The van der Waals surface area contributed by atoms with Crippen molar-refractivity contribution in [1.82, 2.24) is 10.2 Å². The Labute approximate surface area is 129 Å². The molecule has 0 radical (unpaired) electrons. The van der Waals surface area contributed by atoms with E-state index in [1.165, 1.54) is 25.7 Å². The van der Waals surface area contributed by atoms with Gasteiger partial charge in [-0.05, 0) is 65.5 Å². The fraction of sp³-hybridized carbons (Fsp3) is 0.941. The van der Waals surface area contributed by atoms with E-state index in [1.807, 2.05) is 6.92 Å². The fourth-order valence-electron chi connectivity index (χ4n) is 3.74. The summed E-state index contributed by atoms with van der Waals surface area (Å²) >= 11 is 0. The predicted molar refractivity (Wildman–Crippen MR) is 85.3 cm³/mol. The van der Waals surface area contributed by atoms with Crippen LogP contribution in [0.3, 0.4) is 0 Å². The molecule has 2 atom stereocenters. The van der Waals surface area contributed by atoms with Crippen LogP contribution in [0.1, 0.15) is 65.2 Å². The predicted octanol–water partition coefficient (Wildman–Crippen LogP) is 2.71. The Hall–Kier alpha value is -0.610. The van der Waals surface area contributed by atoms with Crippen molar-refractivity contribution in [2.75, 3.05) is 20.2 Å². The number of carbonyl (C=O) groups is 1. The van der Waals surface area contributed by atoms with Gasteiger partial charge in [-0.2, -0.15) is 0 Å². The average Bonchev–Trinajstić information content (AvgIpc) is 2.43. The summed E-state index contributed by atoms with van der Waals surface area (Å²) in [5.41, 5.74) is -0.451. The first kappa shape index (κ1) is 16.8. The minimum Gasteiger partial charge on any atom is -0.465 e. The van der Waals surface area contributed by atoms with Crippen LogP contribution in [0.2, 0.25) is 0 Å². The zero-order valence-corrected chi connectivity index (χ0v) is 14.0. The number of nitrogens with zero attached hydrogens (tertiary/aromatic N) is 1. The number of rotatable bonds is 7. The second kappa shape index (κ2) is 7.59. The Morgan fingerprint density at radius 2 is 1.95 bits per heavy atom. The summed E-state index contributed by atoms with van der Waals surface area (Å²) in [6.07, 6.45) is 9.19. The van der Waals surface area contributed by atoms with Crippen molar-refractivity contribution in [3.63, 3.8) is 0 Å². The van der Waals surface area contributed by atoms with Crippen LogP contribution in [-0.4, -0.2) is 48.7 Å². The maximum absolute atomic E-state index is 12.5. The molecule has 4 heteroatoms. The van der Waals surface area contributed by atoms with Crippen molar-refractivity contribution in [3.8, 4) is 0 Å². The van der Waals surface area contributed by atoms with Gasteiger partial charge in [0.15, 0.2) is 0 Å². The monoisotopic (exact) mass is 296 g/mol. The van der Waals surface area contributed by atoms with Gasteiger partial charge in [0, 0.05) is 12.1 Å². The van der Waals surface area contributed by atoms with Crippen LogP contribution in [0.4, 0.5) is 0 Å². The molecule has 2 aliphatic rings. The Kier molecular flexibility index (Phi) is 6.06. The molecule has 0 heterocycles. The van der Waals surface area contributed by atoms with Gasteiger partial charge in [-0.15, -0.1) is 0 Å². The van der Waals surface area contributed by atoms with Gasteiger partial charge in [-0.3, -0.25) is 4.79 Å². The largest absolute Gasteiger partial charge is 0.465 e. The highest BCUT2D eigenvalue weighted by molar-refractivity contribution is 5.81. The van der Waals surface area contributed by atoms with E-state index >= 15 is 0 Å². The van der Waals surface area contributed by atoms with E-state index < -0.39 is 5.54 Å². The summed E-state index contributed by atoms with van der Waals surface area (Å²) in [5, 5.41) is 3.53.